The fraction of sp³-hybridized carbons (Fsp3) is 0.381. The molecular weight excluding hydrogens is 364 g/mol. The van der Waals surface area contributed by atoms with Crippen LogP contribution in [-0.4, -0.2) is 35.2 Å². The van der Waals surface area contributed by atoms with Crippen molar-refractivity contribution in [3.05, 3.63) is 58.1 Å². The molecule has 1 saturated heterocycles. The highest BCUT2D eigenvalue weighted by Crippen LogP contribution is 2.27. The van der Waals surface area contributed by atoms with Crippen LogP contribution in [0.25, 0.3) is 0 Å². The summed E-state index contributed by atoms with van der Waals surface area (Å²) in [5.74, 6) is 0.201. The fourth-order valence-corrected chi connectivity index (χ4v) is 3.95. The van der Waals surface area contributed by atoms with E-state index in [-0.39, 0.29) is 17.8 Å². The number of ether oxygens (including phenoxy) is 1. The number of nitrogens with zero attached hydrogens (tertiary/aromatic N) is 1. The molecule has 4 rings (SSSR count). The standard InChI is InChI=1S/C21H23ClN2O3/c22-17-4-6-19(25)16(10-17)13-24-8-7-14-3-5-18(11-15(14)12-24)23-21(26)20-2-1-9-27-20/h3-6,10-11,20,25H,1-2,7-9,12-13H2,(H,23,26). The van der Waals surface area contributed by atoms with Crippen molar-refractivity contribution in [3.8, 4) is 5.75 Å². The van der Waals surface area contributed by atoms with Gasteiger partial charge in [-0.2, -0.15) is 0 Å². The third kappa shape index (κ3) is 4.26. The molecule has 1 amide bonds. The van der Waals surface area contributed by atoms with Crippen molar-refractivity contribution in [1.82, 2.24) is 4.90 Å². The first-order valence-electron chi connectivity index (χ1n) is 9.32. The van der Waals surface area contributed by atoms with Crippen molar-refractivity contribution >= 4 is 23.2 Å². The van der Waals surface area contributed by atoms with Gasteiger partial charge in [-0.15, -0.1) is 0 Å². The van der Waals surface area contributed by atoms with Gasteiger partial charge in [0.2, 0.25) is 0 Å². The monoisotopic (exact) mass is 386 g/mol. The molecule has 1 atom stereocenters. The van der Waals surface area contributed by atoms with Crippen molar-refractivity contribution in [3.63, 3.8) is 0 Å². The molecule has 6 heteroatoms. The summed E-state index contributed by atoms with van der Waals surface area (Å²) in [5.41, 5.74) is 4.14. The largest absolute Gasteiger partial charge is 0.508 e. The number of anilines is 1. The number of halogens is 1. The third-order valence-electron chi connectivity index (χ3n) is 5.22. The van der Waals surface area contributed by atoms with Gasteiger partial charge in [-0.3, -0.25) is 9.69 Å². The highest BCUT2D eigenvalue weighted by atomic mass is 35.5. The molecule has 0 bridgehead atoms. The molecule has 2 aliphatic heterocycles. The Morgan fingerprint density at radius 3 is 2.96 bits per heavy atom. The lowest BCUT2D eigenvalue weighted by atomic mass is 9.98. The van der Waals surface area contributed by atoms with Crippen LogP contribution in [0, 0.1) is 0 Å². The predicted molar refractivity (Wildman–Crippen MR) is 105 cm³/mol. The average Bonchev–Trinajstić information content (AvgIpc) is 3.19. The van der Waals surface area contributed by atoms with Gasteiger partial charge < -0.3 is 15.2 Å². The zero-order valence-electron chi connectivity index (χ0n) is 15.1. The Kier molecular flexibility index (Phi) is 5.34. The van der Waals surface area contributed by atoms with E-state index in [9.17, 15) is 9.90 Å². The van der Waals surface area contributed by atoms with Gasteiger partial charge in [0.1, 0.15) is 11.9 Å². The molecule has 0 aromatic heterocycles. The zero-order chi connectivity index (χ0) is 18.8. The summed E-state index contributed by atoms with van der Waals surface area (Å²) in [6, 6.07) is 11.2. The van der Waals surface area contributed by atoms with E-state index in [1.165, 1.54) is 11.1 Å². The number of aromatic hydroxyl groups is 1. The number of phenolic OH excluding ortho intramolecular Hbond substituents is 1. The molecule has 1 fully saturated rings. The molecular formula is C21H23ClN2O3. The van der Waals surface area contributed by atoms with Crippen molar-refractivity contribution in [2.24, 2.45) is 0 Å². The number of carbonyl (C=O) groups is 1. The quantitative estimate of drug-likeness (QED) is 0.840. The second-order valence-electron chi connectivity index (χ2n) is 7.21. The maximum Gasteiger partial charge on any atom is 0.253 e. The number of rotatable bonds is 4. The van der Waals surface area contributed by atoms with Crippen LogP contribution in [0.15, 0.2) is 36.4 Å². The molecule has 0 aliphatic carbocycles. The van der Waals surface area contributed by atoms with Crippen molar-refractivity contribution < 1.29 is 14.6 Å². The van der Waals surface area contributed by atoms with Gasteiger partial charge in [-0.25, -0.2) is 0 Å². The molecule has 2 aromatic rings. The molecule has 1 unspecified atom stereocenters. The van der Waals surface area contributed by atoms with E-state index in [2.05, 4.69) is 16.3 Å². The minimum absolute atomic E-state index is 0.0658. The topological polar surface area (TPSA) is 61.8 Å². The van der Waals surface area contributed by atoms with Crippen molar-refractivity contribution in [2.45, 2.75) is 38.5 Å². The molecule has 2 aromatic carbocycles. The van der Waals surface area contributed by atoms with Crippen LogP contribution in [0.1, 0.15) is 29.5 Å². The van der Waals surface area contributed by atoms with Crippen molar-refractivity contribution in [2.75, 3.05) is 18.5 Å². The second-order valence-corrected chi connectivity index (χ2v) is 7.64. The molecule has 0 spiro atoms. The van der Waals surface area contributed by atoms with Crippen LogP contribution in [0.2, 0.25) is 5.02 Å². The van der Waals surface area contributed by atoms with Crippen LogP contribution in [0.3, 0.4) is 0 Å². The van der Waals surface area contributed by atoms with Gasteiger partial charge in [0.05, 0.1) is 0 Å². The summed E-state index contributed by atoms with van der Waals surface area (Å²) < 4.78 is 5.45. The molecule has 27 heavy (non-hydrogen) atoms. The Labute approximate surface area is 163 Å². The average molecular weight is 387 g/mol. The maximum atomic E-state index is 12.3. The summed E-state index contributed by atoms with van der Waals surface area (Å²) in [6.07, 6.45) is 2.33. The van der Waals surface area contributed by atoms with E-state index in [0.717, 1.165) is 43.6 Å². The minimum Gasteiger partial charge on any atom is -0.508 e. The lowest BCUT2D eigenvalue weighted by Crippen LogP contribution is -2.30. The van der Waals surface area contributed by atoms with Crippen LogP contribution in [-0.2, 0) is 29.0 Å². The second kappa shape index (κ2) is 7.89. The highest BCUT2D eigenvalue weighted by molar-refractivity contribution is 6.30. The molecule has 2 heterocycles. The normalized spacial score (nSPS) is 19.7. The third-order valence-corrected chi connectivity index (χ3v) is 5.46. The molecule has 5 nitrogen and oxygen atoms in total. The van der Waals surface area contributed by atoms with Gasteiger partial charge in [0, 0.05) is 42.5 Å². The van der Waals surface area contributed by atoms with E-state index in [0.29, 0.717) is 18.2 Å². The summed E-state index contributed by atoms with van der Waals surface area (Å²) >= 11 is 6.06. The smallest absolute Gasteiger partial charge is 0.253 e. The van der Waals surface area contributed by atoms with Gasteiger partial charge in [0.25, 0.3) is 5.91 Å². The Morgan fingerprint density at radius 2 is 2.15 bits per heavy atom. The van der Waals surface area contributed by atoms with Crippen LogP contribution in [0.4, 0.5) is 5.69 Å². The molecule has 2 N–H and O–H groups in total. The van der Waals surface area contributed by atoms with E-state index in [1.807, 2.05) is 18.2 Å². The molecule has 0 radical (unpaired) electrons. The van der Waals surface area contributed by atoms with E-state index in [4.69, 9.17) is 16.3 Å². The number of amides is 1. The Balaban J connectivity index is 1.45. The molecule has 142 valence electrons. The summed E-state index contributed by atoms with van der Waals surface area (Å²) in [5, 5.41) is 13.7. The van der Waals surface area contributed by atoms with Crippen molar-refractivity contribution in [1.29, 1.82) is 0 Å². The Morgan fingerprint density at radius 1 is 1.26 bits per heavy atom. The summed E-state index contributed by atoms with van der Waals surface area (Å²) in [7, 11) is 0. The summed E-state index contributed by atoms with van der Waals surface area (Å²) in [4.78, 5) is 14.5. The number of hydrogen-bond acceptors (Lipinski definition) is 4. The summed E-state index contributed by atoms with van der Waals surface area (Å²) in [6.45, 7) is 2.98. The minimum atomic E-state index is -0.330. The lowest BCUT2D eigenvalue weighted by Gasteiger charge is -2.29. The van der Waals surface area contributed by atoms with Gasteiger partial charge in [0.15, 0.2) is 0 Å². The van der Waals surface area contributed by atoms with E-state index in [1.54, 1.807) is 12.1 Å². The number of hydrogen-bond donors (Lipinski definition) is 2. The number of phenols is 1. The Bertz CT molecular complexity index is 849. The van der Waals surface area contributed by atoms with Gasteiger partial charge in [-0.05, 0) is 60.7 Å². The van der Waals surface area contributed by atoms with Crippen LogP contribution < -0.4 is 5.32 Å². The van der Waals surface area contributed by atoms with E-state index < -0.39 is 0 Å². The predicted octanol–water partition coefficient (Wildman–Crippen LogP) is 3.72. The zero-order valence-corrected chi connectivity index (χ0v) is 15.8. The van der Waals surface area contributed by atoms with Crippen LogP contribution in [0.5, 0.6) is 5.75 Å². The first-order valence-corrected chi connectivity index (χ1v) is 9.70. The number of carbonyl (C=O) groups excluding carboxylic acids is 1. The van der Waals surface area contributed by atoms with Gasteiger partial charge >= 0.3 is 0 Å². The fourth-order valence-electron chi connectivity index (χ4n) is 3.76. The lowest BCUT2D eigenvalue weighted by molar-refractivity contribution is -0.124. The maximum absolute atomic E-state index is 12.3. The molecule has 2 aliphatic rings. The van der Waals surface area contributed by atoms with E-state index >= 15 is 0 Å². The first kappa shape index (κ1) is 18.3. The van der Waals surface area contributed by atoms with Crippen LogP contribution >= 0.6 is 11.6 Å². The Hall–Kier alpha value is -2.08. The number of benzene rings is 2. The highest BCUT2D eigenvalue weighted by Gasteiger charge is 2.24. The SMILES string of the molecule is O=C(Nc1ccc2c(c1)CN(Cc1cc(Cl)ccc1O)CC2)C1CCCO1. The molecule has 0 saturated carbocycles. The number of nitrogens with one attached hydrogen (secondary N) is 1. The number of fused-ring (bicyclic) bond motifs is 1. The van der Waals surface area contributed by atoms with Gasteiger partial charge in [-0.1, -0.05) is 17.7 Å². The first-order chi connectivity index (χ1) is 13.1.